The third-order valence-corrected chi connectivity index (χ3v) is 11.3. The van der Waals surface area contributed by atoms with Gasteiger partial charge in [-0.15, -0.1) is 0 Å². The number of hydrogen-bond acceptors (Lipinski definition) is 1. The van der Waals surface area contributed by atoms with Crippen LogP contribution in [0.15, 0.2) is 164 Å². The number of anilines is 3. The number of rotatable bonds is 2. The first kappa shape index (κ1) is 25.7. The Hall–Kier alpha value is -6.32. The molecule has 0 unspecified atom stereocenters. The SMILES string of the molecule is c1ccc2c(c1)B1c3ccc(-n4c5ccccc5c5ccccc54)cc3-c3cccc(c31)N2c1ccc2ccc3cccc4ccc1c2c34. The fourth-order valence-corrected chi connectivity index (χ4v) is 9.37. The van der Waals surface area contributed by atoms with E-state index in [2.05, 4.69) is 173 Å². The monoisotopic (exact) mass is 618 g/mol. The molecule has 9 aromatic carbocycles. The molecule has 0 atom stereocenters. The van der Waals surface area contributed by atoms with Crippen molar-refractivity contribution in [2.45, 2.75) is 0 Å². The van der Waals surface area contributed by atoms with Crippen LogP contribution < -0.4 is 21.3 Å². The zero-order chi connectivity index (χ0) is 31.8. The van der Waals surface area contributed by atoms with Gasteiger partial charge in [-0.25, -0.2) is 0 Å². The van der Waals surface area contributed by atoms with Crippen LogP contribution in [0.2, 0.25) is 0 Å². The van der Waals surface area contributed by atoms with Gasteiger partial charge in [0.15, 0.2) is 0 Å². The molecule has 0 bridgehead atoms. The van der Waals surface area contributed by atoms with Gasteiger partial charge in [0.05, 0.1) is 16.7 Å². The molecule has 0 radical (unpaired) electrons. The molecule has 0 saturated carbocycles. The Balaban J connectivity index is 1.12. The lowest BCUT2D eigenvalue weighted by Crippen LogP contribution is -2.54. The maximum absolute atomic E-state index is 2.54. The summed E-state index contributed by atoms with van der Waals surface area (Å²) >= 11 is 0. The van der Waals surface area contributed by atoms with Gasteiger partial charge in [-0.2, -0.15) is 0 Å². The van der Waals surface area contributed by atoms with Crippen molar-refractivity contribution >= 4 is 94.3 Å². The molecule has 0 amide bonds. The smallest absolute Gasteiger partial charge is 0.248 e. The van der Waals surface area contributed by atoms with Crippen molar-refractivity contribution in [2.24, 2.45) is 0 Å². The summed E-state index contributed by atoms with van der Waals surface area (Å²) in [5, 5.41) is 10.4. The molecule has 0 aliphatic carbocycles. The van der Waals surface area contributed by atoms with E-state index in [1.165, 1.54) is 104 Å². The van der Waals surface area contributed by atoms with E-state index in [9.17, 15) is 0 Å². The van der Waals surface area contributed by atoms with Crippen molar-refractivity contribution < 1.29 is 0 Å². The highest BCUT2D eigenvalue weighted by Gasteiger charge is 2.42. The summed E-state index contributed by atoms with van der Waals surface area (Å²) in [6, 6.07) is 61.2. The number of para-hydroxylation sites is 3. The van der Waals surface area contributed by atoms with Gasteiger partial charge in [-0.05, 0) is 91.4 Å². The summed E-state index contributed by atoms with van der Waals surface area (Å²) in [4.78, 5) is 2.54. The van der Waals surface area contributed by atoms with Gasteiger partial charge < -0.3 is 9.47 Å². The fraction of sp³-hybridized carbons (Fsp3) is 0. The van der Waals surface area contributed by atoms with E-state index in [4.69, 9.17) is 0 Å². The highest BCUT2D eigenvalue weighted by Crippen LogP contribution is 2.46. The van der Waals surface area contributed by atoms with E-state index in [-0.39, 0.29) is 6.71 Å². The number of aromatic nitrogens is 1. The maximum atomic E-state index is 2.54. The first-order valence-corrected chi connectivity index (χ1v) is 17.1. The Bertz CT molecular complexity index is 2960. The van der Waals surface area contributed by atoms with E-state index in [0.29, 0.717) is 0 Å². The molecule has 2 nitrogen and oxygen atoms in total. The Morgan fingerprint density at radius 1 is 0.388 bits per heavy atom. The molecule has 224 valence electrons. The molecular weight excluding hydrogens is 591 g/mol. The minimum Gasteiger partial charge on any atom is -0.311 e. The van der Waals surface area contributed by atoms with Crippen LogP contribution in [-0.4, -0.2) is 11.3 Å². The van der Waals surface area contributed by atoms with Gasteiger partial charge in [0.25, 0.3) is 0 Å². The lowest BCUT2D eigenvalue weighted by molar-refractivity contribution is 1.18. The standard InChI is InChI=1S/C46H27BN2/c1-4-15-39-32(11-1)33-12-2-5-16-40(33)48(39)31-23-25-37-36(27-31)34-13-8-18-43-46(34)47(37)38-14-3-6-17-42(38)49(43)41-26-22-30-20-19-28-9-7-10-29-21-24-35(41)45(30)44(28)29/h1-27H. The minimum atomic E-state index is 0.181. The predicted octanol–water partition coefficient (Wildman–Crippen LogP) is 9.96. The quantitative estimate of drug-likeness (QED) is 0.138. The lowest BCUT2D eigenvalue weighted by atomic mass is 9.37. The average Bonchev–Trinajstić information content (AvgIpc) is 3.68. The largest absolute Gasteiger partial charge is 0.311 e. The summed E-state index contributed by atoms with van der Waals surface area (Å²) in [5.74, 6) is 0. The summed E-state index contributed by atoms with van der Waals surface area (Å²) < 4.78 is 2.44. The van der Waals surface area contributed by atoms with Crippen molar-refractivity contribution in [1.82, 2.24) is 4.57 Å². The van der Waals surface area contributed by atoms with Crippen molar-refractivity contribution in [2.75, 3.05) is 4.90 Å². The second kappa shape index (κ2) is 9.18. The van der Waals surface area contributed by atoms with Gasteiger partial charge in [0.1, 0.15) is 0 Å². The molecule has 1 aromatic heterocycles. The third kappa shape index (κ3) is 3.22. The normalized spacial score (nSPS) is 13.2. The van der Waals surface area contributed by atoms with Crippen LogP contribution >= 0.6 is 0 Å². The highest BCUT2D eigenvalue weighted by molar-refractivity contribution is 7.01. The zero-order valence-electron chi connectivity index (χ0n) is 26.6. The van der Waals surface area contributed by atoms with Crippen LogP contribution in [0.25, 0.3) is 70.9 Å². The predicted molar refractivity (Wildman–Crippen MR) is 209 cm³/mol. The first-order chi connectivity index (χ1) is 24.3. The second-order valence-corrected chi connectivity index (χ2v) is 13.6. The van der Waals surface area contributed by atoms with E-state index >= 15 is 0 Å². The van der Waals surface area contributed by atoms with E-state index in [0.717, 1.165) is 0 Å². The molecule has 0 N–H and O–H groups in total. The molecule has 3 heterocycles. The topological polar surface area (TPSA) is 8.17 Å². The molecule has 12 rings (SSSR count). The summed E-state index contributed by atoms with van der Waals surface area (Å²) in [6.07, 6.45) is 0. The molecule has 0 spiro atoms. The Morgan fingerprint density at radius 3 is 1.86 bits per heavy atom. The average molecular weight is 619 g/mol. The number of nitrogens with zero attached hydrogens (tertiary/aromatic N) is 2. The molecule has 2 aliphatic heterocycles. The zero-order valence-corrected chi connectivity index (χ0v) is 26.6. The van der Waals surface area contributed by atoms with Crippen molar-refractivity contribution in [3.63, 3.8) is 0 Å². The first-order valence-electron chi connectivity index (χ1n) is 17.1. The van der Waals surface area contributed by atoms with Crippen LogP contribution in [0.3, 0.4) is 0 Å². The second-order valence-electron chi connectivity index (χ2n) is 13.6. The summed E-state index contributed by atoms with van der Waals surface area (Å²) in [5.41, 5.74) is 14.2. The molecule has 0 saturated heterocycles. The van der Waals surface area contributed by atoms with Crippen LogP contribution in [0.5, 0.6) is 0 Å². The molecule has 3 heteroatoms. The highest BCUT2D eigenvalue weighted by atomic mass is 15.2. The Labute approximate surface area is 283 Å². The van der Waals surface area contributed by atoms with E-state index in [1.54, 1.807) is 0 Å². The third-order valence-electron chi connectivity index (χ3n) is 11.3. The van der Waals surface area contributed by atoms with Crippen molar-refractivity contribution in [1.29, 1.82) is 0 Å². The van der Waals surface area contributed by atoms with Crippen LogP contribution in [0, 0.1) is 0 Å². The summed E-state index contributed by atoms with van der Waals surface area (Å²) in [6.45, 7) is 0.181. The number of benzene rings is 9. The van der Waals surface area contributed by atoms with Gasteiger partial charge >= 0.3 is 0 Å². The van der Waals surface area contributed by atoms with Gasteiger partial charge in [-0.3, -0.25) is 0 Å². The van der Waals surface area contributed by atoms with Gasteiger partial charge in [-0.1, -0.05) is 127 Å². The van der Waals surface area contributed by atoms with Crippen LogP contribution in [0.4, 0.5) is 17.1 Å². The van der Waals surface area contributed by atoms with Crippen LogP contribution in [0.1, 0.15) is 0 Å². The van der Waals surface area contributed by atoms with Crippen molar-refractivity contribution in [3.8, 4) is 16.8 Å². The van der Waals surface area contributed by atoms with E-state index in [1.807, 2.05) is 0 Å². The van der Waals surface area contributed by atoms with Crippen molar-refractivity contribution in [3.05, 3.63) is 164 Å². The minimum absolute atomic E-state index is 0.181. The maximum Gasteiger partial charge on any atom is 0.248 e. The molecule has 49 heavy (non-hydrogen) atoms. The fourth-order valence-electron chi connectivity index (χ4n) is 9.37. The number of fused-ring (bicyclic) bond motifs is 8. The molecule has 10 aromatic rings. The molecular formula is C46H27BN2. The van der Waals surface area contributed by atoms with E-state index < -0.39 is 0 Å². The lowest BCUT2D eigenvalue weighted by Gasteiger charge is -2.36. The summed E-state index contributed by atoms with van der Waals surface area (Å²) in [7, 11) is 0. The van der Waals surface area contributed by atoms with Gasteiger partial charge in [0.2, 0.25) is 6.71 Å². The Kier molecular flexibility index (Phi) is 4.82. The van der Waals surface area contributed by atoms with Gasteiger partial charge in [0, 0.05) is 33.2 Å². The molecule has 0 fully saturated rings. The molecule has 2 aliphatic rings. The van der Waals surface area contributed by atoms with Crippen LogP contribution in [-0.2, 0) is 0 Å². The Morgan fingerprint density at radius 2 is 1.04 bits per heavy atom. The number of hydrogen-bond donors (Lipinski definition) is 0.